The van der Waals surface area contributed by atoms with Gasteiger partial charge in [-0.1, -0.05) is 30.3 Å². The van der Waals surface area contributed by atoms with Crippen molar-refractivity contribution in [3.8, 4) is 0 Å². The molecule has 14 heavy (non-hydrogen) atoms. The van der Waals surface area contributed by atoms with Crippen LogP contribution in [0, 0.1) is 0 Å². The molecule has 0 aliphatic heterocycles. The SMILES string of the molecule is NC(=S)N/N=C\C(=O)c1ccccc1. The second kappa shape index (κ2) is 5.08. The first kappa shape index (κ1) is 10.3. The fourth-order valence-corrected chi connectivity index (χ4v) is 0.884. The molecule has 0 aliphatic carbocycles. The standard InChI is InChI=1S/C9H9N3OS/c10-9(14)12-11-6-8(13)7-4-2-1-3-5-7/h1-6H,(H3,10,12,14)/b11-6-. The van der Waals surface area contributed by atoms with E-state index in [4.69, 9.17) is 5.73 Å². The molecule has 1 aromatic rings. The van der Waals surface area contributed by atoms with Gasteiger partial charge in [-0.25, -0.2) is 0 Å². The zero-order valence-corrected chi connectivity index (χ0v) is 8.12. The van der Waals surface area contributed by atoms with Crippen LogP contribution in [0.2, 0.25) is 0 Å². The lowest BCUT2D eigenvalue weighted by atomic mass is 10.1. The second-order valence-corrected chi connectivity index (χ2v) is 2.90. The summed E-state index contributed by atoms with van der Waals surface area (Å²) in [5.41, 5.74) is 7.99. The third-order valence-corrected chi connectivity index (χ3v) is 1.51. The zero-order valence-electron chi connectivity index (χ0n) is 7.31. The van der Waals surface area contributed by atoms with E-state index in [9.17, 15) is 4.79 Å². The first-order valence-corrected chi connectivity index (χ1v) is 4.29. The largest absolute Gasteiger partial charge is 0.375 e. The van der Waals surface area contributed by atoms with Crippen molar-refractivity contribution in [2.24, 2.45) is 10.8 Å². The van der Waals surface area contributed by atoms with Gasteiger partial charge in [-0.2, -0.15) is 5.10 Å². The minimum absolute atomic E-state index is 0.0297. The highest BCUT2D eigenvalue weighted by molar-refractivity contribution is 7.80. The van der Waals surface area contributed by atoms with E-state index in [0.29, 0.717) is 5.56 Å². The lowest BCUT2D eigenvalue weighted by Crippen LogP contribution is -2.24. The van der Waals surface area contributed by atoms with Crippen LogP contribution in [0.3, 0.4) is 0 Å². The number of carbonyl (C=O) groups is 1. The number of carbonyl (C=O) groups excluding carboxylic acids is 1. The van der Waals surface area contributed by atoms with E-state index in [1.807, 2.05) is 6.07 Å². The minimum Gasteiger partial charge on any atom is -0.375 e. The van der Waals surface area contributed by atoms with E-state index in [1.165, 1.54) is 0 Å². The molecule has 0 aliphatic rings. The highest BCUT2D eigenvalue weighted by Crippen LogP contribution is 1.97. The van der Waals surface area contributed by atoms with Crippen molar-refractivity contribution < 1.29 is 4.79 Å². The number of rotatable bonds is 3. The van der Waals surface area contributed by atoms with Crippen LogP contribution in [0.1, 0.15) is 10.4 Å². The smallest absolute Gasteiger partial charge is 0.205 e. The molecule has 72 valence electrons. The summed E-state index contributed by atoms with van der Waals surface area (Å²) < 4.78 is 0. The number of hydrogen-bond donors (Lipinski definition) is 2. The summed E-state index contributed by atoms with van der Waals surface area (Å²) in [5.74, 6) is -0.200. The molecular weight excluding hydrogens is 198 g/mol. The summed E-state index contributed by atoms with van der Waals surface area (Å²) >= 11 is 4.51. The molecule has 0 saturated heterocycles. The Morgan fingerprint density at radius 1 is 1.43 bits per heavy atom. The molecule has 0 bridgehead atoms. The number of ketones is 1. The Hall–Kier alpha value is -1.75. The third-order valence-electron chi connectivity index (χ3n) is 1.41. The van der Waals surface area contributed by atoms with Gasteiger partial charge in [0.25, 0.3) is 0 Å². The number of benzene rings is 1. The summed E-state index contributed by atoms with van der Waals surface area (Å²) in [7, 11) is 0. The number of nitrogens with two attached hydrogens (primary N) is 1. The van der Waals surface area contributed by atoms with Crippen LogP contribution in [0.15, 0.2) is 35.4 Å². The van der Waals surface area contributed by atoms with E-state index in [2.05, 4.69) is 22.7 Å². The summed E-state index contributed by atoms with van der Waals surface area (Å²) in [6.45, 7) is 0. The molecule has 0 heterocycles. The molecular formula is C9H9N3OS. The Bertz CT molecular complexity index is 362. The average molecular weight is 207 g/mol. The minimum atomic E-state index is -0.200. The topological polar surface area (TPSA) is 67.5 Å². The van der Waals surface area contributed by atoms with Gasteiger partial charge >= 0.3 is 0 Å². The Labute approximate surface area is 86.8 Å². The highest BCUT2D eigenvalue weighted by Gasteiger charge is 1.99. The van der Waals surface area contributed by atoms with Crippen molar-refractivity contribution in [3.63, 3.8) is 0 Å². The van der Waals surface area contributed by atoms with E-state index in [-0.39, 0.29) is 10.9 Å². The average Bonchev–Trinajstić information content (AvgIpc) is 2.18. The van der Waals surface area contributed by atoms with Gasteiger partial charge in [-0.05, 0) is 12.2 Å². The number of Topliss-reactive ketones (excluding diaryl/α,β-unsaturated/α-hetero) is 1. The maximum absolute atomic E-state index is 11.4. The van der Waals surface area contributed by atoms with Crippen molar-refractivity contribution in [2.75, 3.05) is 0 Å². The van der Waals surface area contributed by atoms with Gasteiger partial charge in [0.2, 0.25) is 5.78 Å². The van der Waals surface area contributed by atoms with E-state index in [0.717, 1.165) is 6.21 Å². The molecule has 0 amide bonds. The van der Waals surface area contributed by atoms with Crippen LogP contribution in [-0.2, 0) is 0 Å². The third kappa shape index (κ3) is 3.32. The molecule has 5 heteroatoms. The van der Waals surface area contributed by atoms with Gasteiger partial charge in [-0.15, -0.1) is 0 Å². The van der Waals surface area contributed by atoms with Crippen molar-refractivity contribution in [3.05, 3.63) is 35.9 Å². The molecule has 0 radical (unpaired) electrons. The van der Waals surface area contributed by atoms with Gasteiger partial charge in [0.1, 0.15) is 0 Å². The maximum atomic E-state index is 11.4. The quantitative estimate of drug-likeness (QED) is 0.331. The normalized spacial score (nSPS) is 10.0. The summed E-state index contributed by atoms with van der Waals surface area (Å²) in [6.07, 6.45) is 1.13. The van der Waals surface area contributed by atoms with E-state index in [1.54, 1.807) is 24.3 Å². The molecule has 4 nitrogen and oxygen atoms in total. The van der Waals surface area contributed by atoms with E-state index >= 15 is 0 Å². The fourth-order valence-electron chi connectivity index (χ4n) is 0.831. The summed E-state index contributed by atoms with van der Waals surface area (Å²) in [5, 5.41) is 3.59. The number of hydrogen-bond acceptors (Lipinski definition) is 3. The van der Waals surface area contributed by atoms with Crippen LogP contribution in [0.4, 0.5) is 0 Å². The molecule has 3 N–H and O–H groups in total. The molecule has 0 atom stereocenters. The van der Waals surface area contributed by atoms with Crippen LogP contribution < -0.4 is 11.2 Å². The first-order valence-electron chi connectivity index (χ1n) is 3.88. The number of hydrazone groups is 1. The summed E-state index contributed by atoms with van der Waals surface area (Å²) in [4.78, 5) is 11.4. The zero-order chi connectivity index (χ0) is 10.4. The van der Waals surface area contributed by atoms with Gasteiger partial charge in [0.05, 0.1) is 6.21 Å². The van der Waals surface area contributed by atoms with E-state index < -0.39 is 0 Å². The molecule has 0 unspecified atom stereocenters. The molecule has 1 rings (SSSR count). The number of thiocarbonyl (C=S) groups is 1. The first-order chi connectivity index (χ1) is 6.70. The molecule has 0 fully saturated rings. The second-order valence-electron chi connectivity index (χ2n) is 2.46. The van der Waals surface area contributed by atoms with Crippen LogP contribution >= 0.6 is 12.2 Å². The van der Waals surface area contributed by atoms with Crippen LogP contribution in [-0.4, -0.2) is 17.1 Å². The lowest BCUT2D eigenvalue weighted by Gasteiger charge is -1.94. The number of nitrogens with one attached hydrogen (secondary N) is 1. The molecule has 1 aromatic carbocycles. The van der Waals surface area contributed by atoms with Gasteiger partial charge in [0.15, 0.2) is 5.11 Å². The van der Waals surface area contributed by atoms with Gasteiger partial charge in [0, 0.05) is 5.56 Å². The van der Waals surface area contributed by atoms with Crippen molar-refractivity contribution in [1.29, 1.82) is 0 Å². The monoisotopic (exact) mass is 207 g/mol. The van der Waals surface area contributed by atoms with Crippen LogP contribution in [0.5, 0.6) is 0 Å². The van der Waals surface area contributed by atoms with Crippen molar-refractivity contribution >= 4 is 29.3 Å². The molecule has 0 saturated carbocycles. The maximum Gasteiger partial charge on any atom is 0.205 e. The highest BCUT2D eigenvalue weighted by atomic mass is 32.1. The Balaban J connectivity index is 2.59. The predicted molar refractivity (Wildman–Crippen MR) is 59.2 cm³/mol. The van der Waals surface area contributed by atoms with Crippen molar-refractivity contribution in [1.82, 2.24) is 5.43 Å². The molecule has 0 aromatic heterocycles. The Morgan fingerprint density at radius 3 is 2.64 bits per heavy atom. The fraction of sp³-hybridized carbons (Fsp3) is 0. The number of nitrogens with zero attached hydrogens (tertiary/aromatic N) is 1. The van der Waals surface area contributed by atoms with Gasteiger partial charge < -0.3 is 5.73 Å². The predicted octanol–water partition coefficient (Wildman–Crippen LogP) is 0.688. The van der Waals surface area contributed by atoms with Crippen molar-refractivity contribution in [2.45, 2.75) is 0 Å². The molecule has 0 spiro atoms. The summed E-state index contributed by atoms with van der Waals surface area (Å²) in [6, 6.07) is 8.80. The van der Waals surface area contributed by atoms with Crippen LogP contribution in [0.25, 0.3) is 0 Å². The Kier molecular flexibility index (Phi) is 3.75. The lowest BCUT2D eigenvalue weighted by molar-refractivity contribution is 0.107. The van der Waals surface area contributed by atoms with Gasteiger partial charge in [-0.3, -0.25) is 10.2 Å². The Morgan fingerprint density at radius 2 is 2.07 bits per heavy atom.